The van der Waals surface area contributed by atoms with Crippen LogP contribution in [0.5, 0.6) is 23.0 Å². The Hall–Kier alpha value is -4.04. The lowest BCUT2D eigenvalue weighted by Crippen LogP contribution is -2.55. The number of rotatable bonds is 3. The minimum atomic E-state index is -0.699. The summed E-state index contributed by atoms with van der Waals surface area (Å²) in [5.74, 6) is 1.95. The van der Waals surface area contributed by atoms with Gasteiger partial charge in [-0.15, -0.1) is 0 Å². The number of para-hydroxylation sites is 1. The molecule has 4 heterocycles. The second kappa shape index (κ2) is 7.99. The van der Waals surface area contributed by atoms with Crippen LogP contribution in [0.1, 0.15) is 39.1 Å². The maximum absolute atomic E-state index is 14.4. The number of hydrogen-bond acceptors (Lipinski definition) is 7. The van der Waals surface area contributed by atoms with E-state index in [1.165, 1.54) is 0 Å². The molecule has 8 heteroatoms. The lowest BCUT2D eigenvalue weighted by Gasteiger charge is -2.41. The third kappa shape index (κ3) is 3.04. The molecule has 0 bridgehead atoms. The summed E-state index contributed by atoms with van der Waals surface area (Å²) in [4.78, 5) is 30.3. The van der Waals surface area contributed by atoms with E-state index in [9.17, 15) is 9.59 Å². The van der Waals surface area contributed by atoms with Gasteiger partial charge in [0.05, 0.1) is 0 Å². The van der Waals surface area contributed by atoms with Gasteiger partial charge in [-0.25, -0.2) is 0 Å². The molecular weight excluding hydrogens is 460 g/mol. The number of amides is 1. The maximum atomic E-state index is 14.4. The number of benzene rings is 3. The molecule has 4 aliphatic heterocycles. The van der Waals surface area contributed by atoms with Gasteiger partial charge in [0.1, 0.15) is 6.04 Å². The van der Waals surface area contributed by atoms with Crippen molar-refractivity contribution < 1.29 is 28.5 Å². The predicted molar refractivity (Wildman–Crippen MR) is 130 cm³/mol. The fourth-order valence-corrected chi connectivity index (χ4v) is 6.03. The van der Waals surface area contributed by atoms with E-state index in [1.54, 1.807) is 41.3 Å². The van der Waals surface area contributed by atoms with Crippen LogP contribution in [0.3, 0.4) is 0 Å². The molecule has 4 aliphatic rings. The van der Waals surface area contributed by atoms with Crippen molar-refractivity contribution in [2.45, 2.75) is 24.3 Å². The third-order valence-corrected chi connectivity index (χ3v) is 7.72. The highest BCUT2D eigenvalue weighted by atomic mass is 16.7. The van der Waals surface area contributed by atoms with Crippen LogP contribution < -0.4 is 29.2 Å². The lowest BCUT2D eigenvalue weighted by atomic mass is 9.68. The molecule has 182 valence electrons. The van der Waals surface area contributed by atoms with Crippen molar-refractivity contribution in [2.24, 2.45) is 0 Å². The number of Topliss-reactive ketones (excluding diaryl/α,β-unsaturated/α-hetero) is 1. The molecule has 1 fully saturated rings. The van der Waals surface area contributed by atoms with E-state index < -0.39 is 11.5 Å². The average Bonchev–Trinajstić information content (AvgIpc) is 3.65. The third-order valence-electron chi connectivity index (χ3n) is 7.72. The molecule has 0 aromatic heterocycles. The van der Waals surface area contributed by atoms with Crippen molar-refractivity contribution in [1.29, 1.82) is 0 Å². The van der Waals surface area contributed by atoms with Crippen LogP contribution in [0.15, 0.2) is 60.7 Å². The van der Waals surface area contributed by atoms with Crippen LogP contribution >= 0.6 is 0 Å². The van der Waals surface area contributed by atoms with Gasteiger partial charge in [-0.3, -0.25) is 14.5 Å². The number of anilines is 1. The smallest absolute Gasteiger partial charge is 0.259 e. The van der Waals surface area contributed by atoms with Crippen molar-refractivity contribution >= 4 is 17.4 Å². The molecule has 1 amide bonds. The molecule has 0 radical (unpaired) electrons. The molecule has 7 rings (SSSR count). The summed E-state index contributed by atoms with van der Waals surface area (Å²) < 4.78 is 21.9. The molecular formula is C28H24N2O6. The van der Waals surface area contributed by atoms with E-state index in [-0.39, 0.29) is 25.3 Å². The van der Waals surface area contributed by atoms with Crippen LogP contribution in [0.25, 0.3) is 0 Å². The molecule has 0 aliphatic carbocycles. The van der Waals surface area contributed by atoms with Crippen molar-refractivity contribution in [3.8, 4) is 23.0 Å². The first-order chi connectivity index (χ1) is 17.7. The first kappa shape index (κ1) is 21.3. The Bertz CT molecular complexity index is 1400. The molecule has 0 saturated carbocycles. The van der Waals surface area contributed by atoms with E-state index >= 15 is 0 Å². The van der Waals surface area contributed by atoms with Crippen molar-refractivity contribution in [3.63, 3.8) is 0 Å². The van der Waals surface area contributed by atoms with Gasteiger partial charge < -0.3 is 24.3 Å². The monoisotopic (exact) mass is 484 g/mol. The van der Waals surface area contributed by atoms with Crippen molar-refractivity contribution in [1.82, 2.24) is 5.32 Å². The minimum Gasteiger partial charge on any atom is -0.454 e. The Kier molecular flexibility index (Phi) is 4.72. The molecule has 3 aromatic carbocycles. The summed E-state index contributed by atoms with van der Waals surface area (Å²) >= 11 is 0. The first-order valence-electron chi connectivity index (χ1n) is 12.1. The summed E-state index contributed by atoms with van der Waals surface area (Å²) in [6.45, 7) is 1.80. The largest absolute Gasteiger partial charge is 0.454 e. The highest BCUT2D eigenvalue weighted by Gasteiger charge is 2.56. The topological polar surface area (TPSA) is 86.3 Å². The van der Waals surface area contributed by atoms with Gasteiger partial charge in [0.25, 0.3) is 5.91 Å². The van der Waals surface area contributed by atoms with E-state index in [2.05, 4.69) is 11.4 Å². The molecule has 1 saturated heterocycles. The molecule has 8 nitrogen and oxygen atoms in total. The van der Waals surface area contributed by atoms with E-state index in [4.69, 9.17) is 18.9 Å². The first-order valence-corrected chi connectivity index (χ1v) is 12.1. The molecule has 1 N–H and O–H groups in total. The molecule has 3 aromatic rings. The van der Waals surface area contributed by atoms with Crippen LogP contribution in [0, 0.1) is 0 Å². The molecule has 1 spiro atoms. The highest BCUT2D eigenvalue weighted by molar-refractivity contribution is 6.16. The fraction of sp³-hybridized carbons (Fsp3) is 0.286. The Morgan fingerprint density at radius 1 is 0.778 bits per heavy atom. The number of carbonyl (C=O) groups excluding carboxylic acids is 2. The Balaban J connectivity index is 1.37. The minimum absolute atomic E-state index is 0.111. The standard InChI is InChI=1S/C28H24N2O6/c31-25(17-5-7-21-23(13-17)35-15-33-21)26-28(9-11-29-12-10-28)19-3-1-2-4-20(19)30(26)27(32)18-6-8-22-24(14-18)36-16-34-22/h1-8,13-14,26,29H,9-12,15-16H2/t26-/m0/s1. The number of fused-ring (bicyclic) bond motifs is 4. The maximum Gasteiger partial charge on any atom is 0.259 e. The van der Waals surface area contributed by atoms with E-state index in [1.807, 2.05) is 18.2 Å². The Morgan fingerprint density at radius 3 is 2.11 bits per heavy atom. The second-order valence-corrected chi connectivity index (χ2v) is 9.50. The van der Waals surface area contributed by atoms with Crippen LogP contribution in [-0.4, -0.2) is 44.4 Å². The summed E-state index contributed by atoms with van der Waals surface area (Å²) in [6, 6.07) is 17.6. The van der Waals surface area contributed by atoms with Gasteiger partial charge in [0.2, 0.25) is 13.6 Å². The molecule has 0 unspecified atom stereocenters. The van der Waals surface area contributed by atoms with Crippen LogP contribution in [-0.2, 0) is 5.41 Å². The lowest BCUT2D eigenvalue weighted by molar-refractivity contribution is 0.0844. The van der Waals surface area contributed by atoms with Crippen molar-refractivity contribution in [3.05, 3.63) is 77.4 Å². The van der Waals surface area contributed by atoms with E-state index in [0.29, 0.717) is 34.1 Å². The van der Waals surface area contributed by atoms with Gasteiger partial charge >= 0.3 is 0 Å². The van der Waals surface area contributed by atoms with Crippen LogP contribution in [0.2, 0.25) is 0 Å². The van der Waals surface area contributed by atoms with Crippen LogP contribution in [0.4, 0.5) is 5.69 Å². The van der Waals surface area contributed by atoms with E-state index in [0.717, 1.165) is 37.2 Å². The SMILES string of the molecule is O=C(c1ccc2c(c1)OCO2)[C@@H]1N(C(=O)c2ccc3c(c2)OCO3)c2ccccc2C12CCNCC2. The highest BCUT2D eigenvalue weighted by Crippen LogP contribution is 2.52. The summed E-state index contributed by atoms with van der Waals surface area (Å²) in [5, 5.41) is 3.42. The molecule has 36 heavy (non-hydrogen) atoms. The number of ketones is 1. The number of nitrogens with zero attached hydrogens (tertiary/aromatic N) is 1. The summed E-state index contributed by atoms with van der Waals surface area (Å²) in [6.07, 6.45) is 1.49. The fourth-order valence-electron chi connectivity index (χ4n) is 6.03. The van der Waals surface area contributed by atoms with Gasteiger partial charge in [0, 0.05) is 22.2 Å². The van der Waals surface area contributed by atoms with Gasteiger partial charge in [-0.05, 0) is 74.0 Å². The quantitative estimate of drug-likeness (QED) is 0.568. The summed E-state index contributed by atoms with van der Waals surface area (Å²) in [7, 11) is 0. The number of carbonyl (C=O) groups is 2. The Morgan fingerprint density at radius 2 is 1.39 bits per heavy atom. The second-order valence-electron chi connectivity index (χ2n) is 9.50. The number of nitrogens with one attached hydrogen (secondary N) is 1. The molecule has 1 atom stereocenters. The summed E-state index contributed by atoms with van der Waals surface area (Å²) in [5.41, 5.74) is 2.27. The number of hydrogen-bond donors (Lipinski definition) is 1. The zero-order valence-electron chi connectivity index (χ0n) is 19.5. The zero-order valence-corrected chi connectivity index (χ0v) is 19.5. The normalized spacial score (nSPS) is 20.4. The van der Waals surface area contributed by atoms with Crippen molar-refractivity contribution in [2.75, 3.05) is 31.6 Å². The van der Waals surface area contributed by atoms with Gasteiger partial charge in [-0.2, -0.15) is 0 Å². The number of ether oxygens (including phenoxy) is 4. The van der Waals surface area contributed by atoms with Gasteiger partial charge in [-0.1, -0.05) is 18.2 Å². The Labute approximate surface area is 207 Å². The number of piperidine rings is 1. The van der Waals surface area contributed by atoms with Gasteiger partial charge in [0.15, 0.2) is 28.8 Å². The zero-order chi connectivity index (χ0) is 24.3. The predicted octanol–water partition coefficient (Wildman–Crippen LogP) is 3.68. The average molecular weight is 485 g/mol.